The molecule has 0 fully saturated rings. The van der Waals surface area contributed by atoms with E-state index in [1.165, 1.54) is 0 Å². The summed E-state index contributed by atoms with van der Waals surface area (Å²) in [4.78, 5) is 11.2. The number of nitrogens with two attached hydrogens (primary N) is 1. The van der Waals surface area contributed by atoms with E-state index >= 15 is 0 Å². The predicted molar refractivity (Wildman–Crippen MR) is 63.6 cm³/mol. The normalized spacial score (nSPS) is 11.1. The number of carbonyl (C=O) groups excluding carboxylic acids is 1. The van der Waals surface area contributed by atoms with Crippen LogP contribution in [0.25, 0.3) is 0 Å². The van der Waals surface area contributed by atoms with Gasteiger partial charge in [-0.25, -0.2) is 4.68 Å². The van der Waals surface area contributed by atoms with Crippen molar-refractivity contribution in [1.29, 1.82) is 0 Å². The zero-order valence-electron chi connectivity index (χ0n) is 10.6. The van der Waals surface area contributed by atoms with Crippen LogP contribution in [0.15, 0.2) is 0 Å². The molecule has 0 saturated heterocycles. The molecule has 1 aromatic rings. The number of hydrogen-bond donors (Lipinski definition) is 1. The third kappa shape index (κ3) is 3.81. The fourth-order valence-corrected chi connectivity index (χ4v) is 1.55. The van der Waals surface area contributed by atoms with E-state index in [9.17, 15) is 4.79 Å². The first-order chi connectivity index (χ1) is 8.06. The minimum absolute atomic E-state index is 0.279. The number of hydrogen-bond acceptors (Lipinski definition) is 4. The molecule has 6 heteroatoms. The number of nitrogens with zero attached hydrogens (tertiary/aromatic N) is 3. The van der Waals surface area contributed by atoms with Crippen molar-refractivity contribution in [2.75, 3.05) is 13.7 Å². The largest absolute Gasteiger partial charge is 0.383 e. The Bertz CT molecular complexity index is 374. The number of aromatic nitrogens is 3. The Morgan fingerprint density at radius 3 is 2.76 bits per heavy atom. The lowest BCUT2D eigenvalue weighted by Gasteiger charge is -2.08. The zero-order valence-corrected chi connectivity index (χ0v) is 10.6. The smallest absolute Gasteiger partial charge is 0.271 e. The van der Waals surface area contributed by atoms with Crippen LogP contribution in [0.1, 0.15) is 36.5 Å². The average Bonchev–Trinajstić information content (AvgIpc) is 2.66. The van der Waals surface area contributed by atoms with Gasteiger partial charge in [0.2, 0.25) is 0 Å². The van der Waals surface area contributed by atoms with Crippen LogP contribution in [0, 0.1) is 5.92 Å². The molecule has 0 saturated carbocycles. The van der Waals surface area contributed by atoms with Crippen LogP contribution in [-0.2, 0) is 17.7 Å². The highest BCUT2D eigenvalue weighted by atomic mass is 16.5. The summed E-state index contributed by atoms with van der Waals surface area (Å²) in [6, 6.07) is 0. The lowest BCUT2D eigenvalue weighted by molar-refractivity contribution is 0.0994. The predicted octanol–water partition coefficient (Wildman–Crippen LogP) is 0.612. The summed E-state index contributed by atoms with van der Waals surface area (Å²) in [7, 11) is 1.62. The standard InChI is InChI=1S/C11H20N4O2/c1-8(2)4-5-9-10(11(12)16)13-14-15(9)6-7-17-3/h8H,4-7H2,1-3H3,(H2,12,16). The quantitative estimate of drug-likeness (QED) is 0.757. The van der Waals surface area contributed by atoms with Crippen LogP contribution in [0.4, 0.5) is 0 Å². The Morgan fingerprint density at radius 1 is 1.53 bits per heavy atom. The van der Waals surface area contributed by atoms with Gasteiger partial charge < -0.3 is 10.5 Å². The highest BCUT2D eigenvalue weighted by Gasteiger charge is 2.17. The lowest BCUT2D eigenvalue weighted by atomic mass is 10.1. The van der Waals surface area contributed by atoms with Gasteiger partial charge in [0.05, 0.1) is 18.8 Å². The van der Waals surface area contributed by atoms with Gasteiger partial charge in [-0.15, -0.1) is 5.10 Å². The molecule has 96 valence electrons. The molecule has 0 spiro atoms. The van der Waals surface area contributed by atoms with Gasteiger partial charge in [0.1, 0.15) is 0 Å². The van der Waals surface area contributed by atoms with Crippen molar-refractivity contribution >= 4 is 5.91 Å². The second kappa shape index (κ2) is 6.34. The molecular weight excluding hydrogens is 220 g/mol. The molecule has 0 aromatic carbocycles. The molecule has 0 unspecified atom stereocenters. The molecule has 1 rings (SSSR count). The highest BCUT2D eigenvalue weighted by molar-refractivity contribution is 5.91. The third-order valence-electron chi connectivity index (χ3n) is 2.54. The van der Waals surface area contributed by atoms with E-state index in [4.69, 9.17) is 10.5 Å². The van der Waals surface area contributed by atoms with Crippen molar-refractivity contribution in [3.63, 3.8) is 0 Å². The summed E-state index contributed by atoms with van der Waals surface area (Å²) in [5.74, 6) is 0.0360. The van der Waals surface area contributed by atoms with Crippen LogP contribution in [-0.4, -0.2) is 34.6 Å². The molecule has 6 nitrogen and oxygen atoms in total. The molecular formula is C11H20N4O2. The summed E-state index contributed by atoms with van der Waals surface area (Å²) in [6.07, 6.45) is 1.73. The van der Waals surface area contributed by atoms with E-state index in [0.29, 0.717) is 19.1 Å². The summed E-state index contributed by atoms with van der Waals surface area (Å²) in [5.41, 5.74) is 6.36. The Labute approximate surface area is 101 Å². The van der Waals surface area contributed by atoms with Gasteiger partial charge in [0, 0.05) is 7.11 Å². The first-order valence-corrected chi connectivity index (χ1v) is 5.77. The molecule has 0 atom stereocenters. The average molecular weight is 240 g/mol. The van der Waals surface area contributed by atoms with E-state index < -0.39 is 5.91 Å². The van der Waals surface area contributed by atoms with Gasteiger partial charge in [0.15, 0.2) is 5.69 Å². The third-order valence-corrected chi connectivity index (χ3v) is 2.54. The van der Waals surface area contributed by atoms with Crippen LogP contribution in [0.3, 0.4) is 0 Å². The SMILES string of the molecule is COCCn1nnc(C(N)=O)c1CCC(C)C. The van der Waals surface area contributed by atoms with E-state index in [0.717, 1.165) is 18.5 Å². The van der Waals surface area contributed by atoms with Crippen molar-refractivity contribution in [2.45, 2.75) is 33.2 Å². The van der Waals surface area contributed by atoms with Crippen molar-refractivity contribution in [3.05, 3.63) is 11.4 Å². The summed E-state index contributed by atoms with van der Waals surface area (Å²) in [5, 5.41) is 7.77. The zero-order chi connectivity index (χ0) is 12.8. The number of methoxy groups -OCH3 is 1. The number of primary amides is 1. The molecule has 0 aliphatic rings. The first kappa shape index (κ1) is 13.6. The summed E-state index contributed by atoms with van der Waals surface area (Å²) in [6.45, 7) is 5.39. The van der Waals surface area contributed by atoms with Crippen LogP contribution < -0.4 is 5.73 Å². The molecule has 2 N–H and O–H groups in total. The fraction of sp³-hybridized carbons (Fsp3) is 0.727. The summed E-state index contributed by atoms with van der Waals surface area (Å²) >= 11 is 0. The van der Waals surface area contributed by atoms with Crippen LogP contribution in [0.2, 0.25) is 0 Å². The van der Waals surface area contributed by atoms with Gasteiger partial charge in [-0.05, 0) is 18.8 Å². The van der Waals surface area contributed by atoms with Crippen molar-refractivity contribution in [2.24, 2.45) is 11.7 Å². The fourth-order valence-electron chi connectivity index (χ4n) is 1.55. The Hall–Kier alpha value is -1.43. The van der Waals surface area contributed by atoms with Crippen molar-refractivity contribution in [3.8, 4) is 0 Å². The van der Waals surface area contributed by atoms with Crippen LogP contribution >= 0.6 is 0 Å². The summed E-state index contributed by atoms with van der Waals surface area (Å²) < 4.78 is 6.69. The van der Waals surface area contributed by atoms with E-state index in [1.54, 1.807) is 11.8 Å². The minimum Gasteiger partial charge on any atom is -0.383 e. The van der Waals surface area contributed by atoms with E-state index in [-0.39, 0.29) is 5.69 Å². The van der Waals surface area contributed by atoms with Crippen LogP contribution in [0.5, 0.6) is 0 Å². The lowest BCUT2D eigenvalue weighted by Crippen LogP contribution is -2.16. The number of carbonyl (C=O) groups is 1. The number of amides is 1. The van der Waals surface area contributed by atoms with Gasteiger partial charge in [-0.1, -0.05) is 19.1 Å². The van der Waals surface area contributed by atoms with E-state index in [2.05, 4.69) is 24.2 Å². The first-order valence-electron chi connectivity index (χ1n) is 5.77. The van der Waals surface area contributed by atoms with Gasteiger partial charge >= 0.3 is 0 Å². The maximum Gasteiger partial charge on any atom is 0.271 e. The maximum absolute atomic E-state index is 11.2. The van der Waals surface area contributed by atoms with Crippen molar-refractivity contribution < 1.29 is 9.53 Å². The molecule has 1 amide bonds. The topological polar surface area (TPSA) is 83.0 Å². The van der Waals surface area contributed by atoms with Gasteiger partial charge in [-0.2, -0.15) is 0 Å². The highest BCUT2D eigenvalue weighted by Crippen LogP contribution is 2.12. The van der Waals surface area contributed by atoms with Crippen molar-refractivity contribution in [1.82, 2.24) is 15.0 Å². The molecule has 1 aromatic heterocycles. The van der Waals surface area contributed by atoms with Gasteiger partial charge in [-0.3, -0.25) is 4.79 Å². The molecule has 0 aliphatic heterocycles. The molecule has 1 heterocycles. The monoisotopic (exact) mass is 240 g/mol. The molecule has 17 heavy (non-hydrogen) atoms. The molecule has 0 radical (unpaired) electrons. The molecule has 0 aliphatic carbocycles. The second-order valence-electron chi connectivity index (χ2n) is 4.40. The Kier molecular flexibility index (Phi) is 5.09. The molecule has 0 bridgehead atoms. The van der Waals surface area contributed by atoms with Gasteiger partial charge in [0.25, 0.3) is 5.91 Å². The minimum atomic E-state index is -0.521. The Balaban J connectivity index is 2.85. The number of rotatable bonds is 7. The van der Waals surface area contributed by atoms with E-state index in [1.807, 2.05) is 0 Å². The maximum atomic E-state index is 11.2. The Morgan fingerprint density at radius 2 is 2.24 bits per heavy atom. The number of ether oxygens (including phenoxy) is 1. The second-order valence-corrected chi connectivity index (χ2v) is 4.40.